The van der Waals surface area contributed by atoms with Gasteiger partial charge in [-0.25, -0.2) is 0 Å². The predicted octanol–water partition coefficient (Wildman–Crippen LogP) is 8.18. The van der Waals surface area contributed by atoms with E-state index >= 15 is 0 Å². The maximum absolute atomic E-state index is 13.9. The van der Waals surface area contributed by atoms with Crippen molar-refractivity contribution in [1.29, 1.82) is 0 Å². The van der Waals surface area contributed by atoms with Gasteiger partial charge in [-0.15, -0.1) is 0 Å². The highest BCUT2D eigenvalue weighted by Gasteiger charge is 2.38. The van der Waals surface area contributed by atoms with E-state index in [1.54, 1.807) is 84.3 Å². The zero-order valence-electron chi connectivity index (χ0n) is 26.2. The number of amides is 2. The molecule has 0 spiro atoms. The van der Waals surface area contributed by atoms with Crippen LogP contribution in [0.15, 0.2) is 156 Å². The highest BCUT2D eigenvalue weighted by atomic mass is 16.2. The standard InChI is InChI=1S/C40H30N4O4/c1-25(35-37(45)31-20-9-11-22-33(31)43(39(35)47)29-16-5-3-6-17-29)41-27-14-13-15-28(24-27)42-26(2)36-38(46)32-21-10-12-23-34(32)44(40(36)48)30-18-7-4-8-19-30/h3-24,41-42H,1-2H3. The van der Waals surface area contributed by atoms with Gasteiger partial charge in [0, 0.05) is 45.3 Å². The number of nitrogens with one attached hydrogen (secondary N) is 2. The van der Waals surface area contributed by atoms with Crippen LogP contribution < -0.4 is 20.4 Å². The molecular formula is C40H30N4O4. The topological polar surface area (TPSA) is 98.8 Å². The molecule has 0 saturated heterocycles. The lowest BCUT2D eigenvalue weighted by atomic mass is 9.93. The van der Waals surface area contributed by atoms with E-state index in [1.165, 1.54) is 0 Å². The molecule has 0 aromatic heterocycles. The second-order valence-corrected chi connectivity index (χ2v) is 11.5. The van der Waals surface area contributed by atoms with E-state index in [4.69, 9.17) is 0 Å². The largest absolute Gasteiger partial charge is 0.358 e. The highest BCUT2D eigenvalue weighted by Crippen LogP contribution is 2.39. The Morgan fingerprint density at radius 2 is 0.833 bits per heavy atom. The maximum Gasteiger partial charge on any atom is 0.268 e. The first-order chi connectivity index (χ1) is 23.3. The van der Waals surface area contributed by atoms with E-state index in [0.717, 1.165) is 0 Å². The van der Waals surface area contributed by atoms with Crippen LogP contribution in [0.25, 0.3) is 0 Å². The molecule has 0 unspecified atom stereocenters. The Kier molecular flexibility index (Phi) is 7.74. The molecule has 2 aliphatic heterocycles. The number of hydrogen-bond acceptors (Lipinski definition) is 6. The van der Waals surface area contributed by atoms with E-state index in [2.05, 4.69) is 10.6 Å². The van der Waals surface area contributed by atoms with Gasteiger partial charge in [0.25, 0.3) is 11.8 Å². The summed E-state index contributed by atoms with van der Waals surface area (Å²) >= 11 is 0. The summed E-state index contributed by atoms with van der Waals surface area (Å²) in [5.74, 6) is -1.58. The smallest absolute Gasteiger partial charge is 0.268 e. The molecule has 0 aliphatic carbocycles. The van der Waals surface area contributed by atoms with E-state index in [0.29, 0.717) is 56.6 Å². The van der Waals surface area contributed by atoms with E-state index in [1.807, 2.05) is 72.8 Å². The molecule has 0 fully saturated rings. The number of anilines is 6. The summed E-state index contributed by atoms with van der Waals surface area (Å²) in [5.41, 5.74) is 5.30. The lowest BCUT2D eigenvalue weighted by molar-refractivity contribution is -0.115. The molecule has 5 aromatic rings. The molecule has 7 rings (SSSR count). The number of hydrogen-bond donors (Lipinski definition) is 2. The third-order valence-electron chi connectivity index (χ3n) is 8.37. The Morgan fingerprint density at radius 3 is 1.25 bits per heavy atom. The van der Waals surface area contributed by atoms with Gasteiger partial charge in [-0.05, 0) is 80.6 Å². The molecule has 234 valence electrons. The Balaban J connectivity index is 1.21. The number of carbonyl (C=O) groups excluding carboxylic acids is 4. The van der Waals surface area contributed by atoms with Crippen molar-refractivity contribution in [2.75, 3.05) is 20.4 Å². The van der Waals surface area contributed by atoms with Crippen LogP contribution in [0.3, 0.4) is 0 Å². The molecule has 48 heavy (non-hydrogen) atoms. The average Bonchev–Trinajstić information content (AvgIpc) is 3.09. The molecule has 2 amide bonds. The third kappa shape index (κ3) is 5.25. The minimum absolute atomic E-state index is 0.0345. The number of para-hydroxylation sites is 4. The summed E-state index contributed by atoms with van der Waals surface area (Å²) in [4.78, 5) is 58.3. The first kappa shape index (κ1) is 30.1. The SMILES string of the molecule is CC(Nc1cccc(NC(C)=C2C(=O)c3ccccc3N(c3ccccc3)C2=O)c1)=C1C(=O)c2ccccc2N(c2ccccc2)C1=O. The number of rotatable bonds is 6. The van der Waals surface area contributed by atoms with Crippen LogP contribution in [0.4, 0.5) is 34.1 Å². The van der Waals surface area contributed by atoms with Crippen molar-refractivity contribution in [3.63, 3.8) is 0 Å². The molecule has 2 heterocycles. The monoisotopic (exact) mass is 630 g/mol. The molecule has 5 aromatic carbocycles. The molecule has 8 heteroatoms. The number of fused-ring (bicyclic) bond motifs is 2. The van der Waals surface area contributed by atoms with E-state index in [-0.39, 0.29) is 22.7 Å². The second-order valence-electron chi connectivity index (χ2n) is 11.5. The minimum Gasteiger partial charge on any atom is -0.358 e. The Labute approximate surface area is 277 Å². The number of allylic oxidation sites excluding steroid dienone is 2. The van der Waals surface area contributed by atoms with Crippen molar-refractivity contribution in [3.05, 3.63) is 167 Å². The summed E-state index contributed by atoms with van der Waals surface area (Å²) < 4.78 is 0. The second kappa shape index (κ2) is 12.3. The Morgan fingerprint density at radius 1 is 0.458 bits per heavy atom. The van der Waals surface area contributed by atoms with Crippen LogP contribution in [-0.4, -0.2) is 23.4 Å². The lowest BCUT2D eigenvalue weighted by Gasteiger charge is -2.31. The summed E-state index contributed by atoms with van der Waals surface area (Å²) in [5, 5.41) is 6.48. The van der Waals surface area contributed by atoms with Crippen LogP contribution in [0, 0.1) is 0 Å². The first-order valence-electron chi connectivity index (χ1n) is 15.5. The Bertz CT molecular complexity index is 2040. The van der Waals surface area contributed by atoms with E-state index in [9.17, 15) is 19.2 Å². The van der Waals surface area contributed by atoms with Crippen LogP contribution in [0.2, 0.25) is 0 Å². The van der Waals surface area contributed by atoms with Crippen LogP contribution >= 0.6 is 0 Å². The minimum atomic E-state index is -0.428. The zero-order chi connectivity index (χ0) is 33.4. The van der Waals surface area contributed by atoms with Gasteiger partial charge < -0.3 is 10.6 Å². The molecule has 2 N–H and O–H groups in total. The van der Waals surface area contributed by atoms with Gasteiger partial charge in [-0.1, -0.05) is 66.7 Å². The number of ketones is 2. The number of carbonyl (C=O) groups is 4. The number of benzene rings is 5. The van der Waals surface area contributed by atoms with Gasteiger partial charge in [-0.2, -0.15) is 0 Å². The van der Waals surface area contributed by atoms with Crippen molar-refractivity contribution in [2.24, 2.45) is 0 Å². The van der Waals surface area contributed by atoms with Crippen LogP contribution in [0.5, 0.6) is 0 Å². The van der Waals surface area contributed by atoms with Gasteiger partial charge in [-0.3, -0.25) is 29.0 Å². The van der Waals surface area contributed by atoms with Crippen molar-refractivity contribution in [1.82, 2.24) is 0 Å². The summed E-state index contributed by atoms with van der Waals surface area (Å²) in [7, 11) is 0. The average molecular weight is 631 g/mol. The van der Waals surface area contributed by atoms with Gasteiger partial charge in [0.2, 0.25) is 11.6 Å². The summed E-state index contributed by atoms with van der Waals surface area (Å²) in [6.07, 6.45) is 0. The molecule has 8 nitrogen and oxygen atoms in total. The Hall–Kier alpha value is -6.54. The van der Waals surface area contributed by atoms with Gasteiger partial charge in [0.15, 0.2) is 0 Å². The third-order valence-corrected chi connectivity index (χ3v) is 8.37. The molecule has 0 atom stereocenters. The molecular weight excluding hydrogens is 600 g/mol. The molecule has 2 aliphatic rings. The predicted molar refractivity (Wildman–Crippen MR) is 188 cm³/mol. The first-order valence-corrected chi connectivity index (χ1v) is 15.5. The number of Topliss-reactive ketones (excluding diaryl/α,β-unsaturated/α-hetero) is 2. The van der Waals surface area contributed by atoms with Crippen LogP contribution in [-0.2, 0) is 9.59 Å². The van der Waals surface area contributed by atoms with Gasteiger partial charge >= 0.3 is 0 Å². The number of nitrogens with zero attached hydrogens (tertiary/aromatic N) is 2. The fourth-order valence-electron chi connectivity index (χ4n) is 6.19. The zero-order valence-corrected chi connectivity index (χ0v) is 26.2. The molecule has 0 saturated carbocycles. The van der Waals surface area contributed by atoms with Gasteiger partial charge in [0.05, 0.1) is 11.4 Å². The van der Waals surface area contributed by atoms with Crippen molar-refractivity contribution < 1.29 is 19.2 Å². The fourth-order valence-corrected chi connectivity index (χ4v) is 6.19. The summed E-state index contributed by atoms with van der Waals surface area (Å²) in [6, 6.07) is 39.8. The van der Waals surface area contributed by atoms with Crippen molar-refractivity contribution in [2.45, 2.75) is 13.8 Å². The molecule has 0 bridgehead atoms. The van der Waals surface area contributed by atoms with Crippen molar-refractivity contribution in [3.8, 4) is 0 Å². The maximum atomic E-state index is 13.9. The molecule has 0 radical (unpaired) electrons. The summed E-state index contributed by atoms with van der Waals surface area (Å²) in [6.45, 7) is 3.40. The fraction of sp³-hybridized carbons (Fsp3) is 0.0500. The van der Waals surface area contributed by atoms with E-state index < -0.39 is 11.8 Å². The van der Waals surface area contributed by atoms with Crippen molar-refractivity contribution >= 4 is 57.5 Å². The highest BCUT2D eigenvalue weighted by molar-refractivity contribution is 6.37. The normalized spacial score (nSPS) is 16.3. The lowest BCUT2D eigenvalue weighted by Crippen LogP contribution is -2.37. The quantitative estimate of drug-likeness (QED) is 0.145. The van der Waals surface area contributed by atoms with Gasteiger partial charge in [0.1, 0.15) is 11.1 Å². The van der Waals surface area contributed by atoms with Crippen LogP contribution in [0.1, 0.15) is 34.6 Å².